The van der Waals surface area contributed by atoms with E-state index in [0.717, 1.165) is 11.1 Å². The number of carbonyl (C=O) groups excluding carboxylic acids is 1. The van der Waals surface area contributed by atoms with Gasteiger partial charge in [0.15, 0.2) is 0 Å². The second-order valence-electron chi connectivity index (χ2n) is 4.38. The van der Waals surface area contributed by atoms with Gasteiger partial charge in [-0.25, -0.2) is 0 Å². The first-order valence-corrected chi connectivity index (χ1v) is 5.97. The van der Waals surface area contributed by atoms with Crippen molar-refractivity contribution in [2.75, 3.05) is 11.1 Å². The first-order chi connectivity index (χ1) is 9.10. The van der Waals surface area contributed by atoms with Crippen LogP contribution in [-0.2, 0) is 6.61 Å². The number of rotatable bonds is 3. The third-order valence-corrected chi connectivity index (χ3v) is 2.91. The number of aryl methyl sites for hydroxylation is 1. The number of hydrogen-bond acceptors (Lipinski definition) is 3. The largest absolute Gasteiger partial charge is 0.398 e. The number of amides is 1. The smallest absolute Gasteiger partial charge is 0.255 e. The molecule has 19 heavy (non-hydrogen) atoms. The molecule has 2 rings (SSSR count). The van der Waals surface area contributed by atoms with Crippen molar-refractivity contribution in [3.05, 3.63) is 59.2 Å². The molecule has 0 atom stereocenters. The van der Waals surface area contributed by atoms with E-state index in [9.17, 15) is 4.79 Å². The number of hydrogen-bond donors (Lipinski definition) is 3. The highest BCUT2D eigenvalue weighted by Crippen LogP contribution is 2.16. The Morgan fingerprint density at radius 2 is 2.05 bits per heavy atom. The summed E-state index contributed by atoms with van der Waals surface area (Å²) in [4.78, 5) is 12.0. The summed E-state index contributed by atoms with van der Waals surface area (Å²) in [6.07, 6.45) is 0. The normalized spacial score (nSPS) is 10.2. The fraction of sp³-hybridized carbons (Fsp3) is 0.133. The van der Waals surface area contributed by atoms with Crippen LogP contribution in [0.3, 0.4) is 0 Å². The molecular formula is C15H16N2O2. The molecule has 0 saturated heterocycles. The molecule has 1 amide bonds. The van der Waals surface area contributed by atoms with E-state index >= 15 is 0 Å². The molecule has 4 nitrogen and oxygen atoms in total. The molecule has 0 aromatic heterocycles. The molecule has 0 aliphatic heterocycles. The second-order valence-corrected chi connectivity index (χ2v) is 4.38. The van der Waals surface area contributed by atoms with Crippen molar-refractivity contribution in [3.8, 4) is 0 Å². The second kappa shape index (κ2) is 5.54. The number of carbonyl (C=O) groups is 1. The Morgan fingerprint density at radius 1 is 1.26 bits per heavy atom. The van der Waals surface area contributed by atoms with Gasteiger partial charge >= 0.3 is 0 Å². The predicted octanol–water partition coefficient (Wildman–Crippen LogP) is 2.32. The molecule has 2 aromatic carbocycles. The fourth-order valence-electron chi connectivity index (χ4n) is 1.73. The van der Waals surface area contributed by atoms with Crippen molar-refractivity contribution in [1.29, 1.82) is 0 Å². The van der Waals surface area contributed by atoms with Gasteiger partial charge in [0.2, 0.25) is 0 Å². The predicted molar refractivity (Wildman–Crippen MR) is 75.9 cm³/mol. The lowest BCUT2D eigenvalue weighted by atomic mass is 10.1. The van der Waals surface area contributed by atoms with Gasteiger partial charge in [-0.05, 0) is 42.3 Å². The molecule has 0 radical (unpaired) electrons. The summed E-state index contributed by atoms with van der Waals surface area (Å²) in [6, 6.07) is 12.3. The fourth-order valence-corrected chi connectivity index (χ4v) is 1.73. The molecule has 0 bridgehead atoms. The van der Waals surface area contributed by atoms with E-state index in [-0.39, 0.29) is 12.5 Å². The minimum Gasteiger partial charge on any atom is -0.398 e. The van der Waals surface area contributed by atoms with Crippen LogP contribution in [0.1, 0.15) is 21.5 Å². The third kappa shape index (κ3) is 3.11. The van der Waals surface area contributed by atoms with Crippen molar-refractivity contribution >= 4 is 17.3 Å². The summed E-state index contributed by atoms with van der Waals surface area (Å²) in [5, 5.41) is 11.8. The van der Waals surface area contributed by atoms with Crippen molar-refractivity contribution in [2.45, 2.75) is 13.5 Å². The lowest BCUT2D eigenvalue weighted by Crippen LogP contribution is -2.12. The van der Waals surface area contributed by atoms with Crippen LogP contribution in [0, 0.1) is 6.92 Å². The van der Waals surface area contributed by atoms with Crippen LogP contribution >= 0.6 is 0 Å². The van der Waals surface area contributed by atoms with Gasteiger partial charge in [-0.1, -0.05) is 18.2 Å². The van der Waals surface area contributed by atoms with E-state index in [1.165, 1.54) is 0 Å². The maximum absolute atomic E-state index is 12.0. The summed E-state index contributed by atoms with van der Waals surface area (Å²) in [7, 11) is 0. The first-order valence-electron chi connectivity index (χ1n) is 5.97. The Kier molecular flexibility index (Phi) is 3.82. The SMILES string of the molecule is Cc1ccc(C(=O)Nc2cccc(CO)c2)cc1N. The molecule has 0 aliphatic carbocycles. The van der Waals surface area contributed by atoms with Gasteiger partial charge in [0, 0.05) is 16.9 Å². The van der Waals surface area contributed by atoms with E-state index in [1.54, 1.807) is 36.4 Å². The average molecular weight is 256 g/mol. The van der Waals surface area contributed by atoms with Gasteiger partial charge in [0.1, 0.15) is 0 Å². The van der Waals surface area contributed by atoms with Crippen LogP contribution in [0.4, 0.5) is 11.4 Å². The Morgan fingerprint density at radius 3 is 2.74 bits per heavy atom. The maximum atomic E-state index is 12.0. The molecule has 0 aliphatic rings. The lowest BCUT2D eigenvalue weighted by Gasteiger charge is -2.08. The highest BCUT2D eigenvalue weighted by Gasteiger charge is 2.07. The van der Waals surface area contributed by atoms with E-state index in [4.69, 9.17) is 10.8 Å². The summed E-state index contributed by atoms with van der Waals surface area (Å²) >= 11 is 0. The zero-order valence-electron chi connectivity index (χ0n) is 10.7. The van der Waals surface area contributed by atoms with E-state index in [0.29, 0.717) is 16.9 Å². The highest BCUT2D eigenvalue weighted by atomic mass is 16.3. The summed E-state index contributed by atoms with van der Waals surface area (Å²) in [5.41, 5.74) is 9.23. The number of aliphatic hydroxyl groups excluding tert-OH is 1. The van der Waals surface area contributed by atoms with Gasteiger partial charge < -0.3 is 16.2 Å². The van der Waals surface area contributed by atoms with Crippen LogP contribution < -0.4 is 11.1 Å². The van der Waals surface area contributed by atoms with Crippen LogP contribution in [0.5, 0.6) is 0 Å². The van der Waals surface area contributed by atoms with Crippen LogP contribution in [0.25, 0.3) is 0 Å². The molecule has 4 N–H and O–H groups in total. The minimum absolute atomic E-state index is 0.0544. The van der Waals surface area contributed by atoms with Gasteiger partial charge in [0.05, 0.1) is 6.61 Å². The Labute approximate surface area is 111 Å². The average Bonchev–Trinajstić information content (AvgIpc) is 2.42. The van der Waals surface area contributed by atoms with Gasteiger partial charge in [-0.2, -0.15) is 0 Å². The molecule has 0 fully saturated rings. The quantitative estimate of drug-likeness (QED) is 0.738. The zero-order chi connectivity index (χ0) is 13.8. The lowest BCUT2D eigenvalue weighted by molar-refractivity contribution is 0.102. The number of nitrogens with one attached hydrogen (secondary N) is 1. The number of nitrogens with two attached hydrogens (primary N) is 1. The Hall–Kier alpha value is -2.33. The molecule has 4 heteroatoms. The van der Waals surface area contributed by atoms with Crippen molar-refractivity contribution in [1.82, 2.24) is 0 Å². The van der Waals surface area contributed by atoms with E-state index in [1.807, 2.05) is 13.0 Å². The topological polar surface area (TPSA) is 75.3 Å². The summed E-state index contributed by atoms with van der Waals surface area (Å²) in [6.45, 7) is 1.84. The number of aliphatic hydroxyl groups is 1. The summed E-state index contributed by atoms with van der Waals surface area (Å²) < 4.78 is 0. The highest BCUT2D eigenvalue weighted by molar-refractivity contribution is 6.04. The molecule has 0 unspecified atom stereocenters. The first kappa shape index (κ1) is 13.1. The van der Waals surface area contributed by atoms with Crippen molar-refractivity contribution in [3.63, 3.8) is 0 Å². The van der Waals surface area contributed by atoms with Gasteiger partial charge in [-0.15, -0.1) is 0 Å². The molecule has 2 aromatic rings. The van der Waals surface area contributed by atoms with Crippen LogP contribution in [-0.4, -0.2) is 11.0 Å². The molecule has 0 saturated carbocycles. The standard InChI is InChI=1S/C15H16N2O2/c1-10-5-6-12(8-14(10)16)15(19)17-13-4-2-3-11(7-13)9-18/h2-8,18H,9,16H2,1H3,(H,17,19). The Balaban J connectivity index is 2.18. The molecular weight excluding hydrogens is 240 g/mol. The van der Waals surface area contributed by atoms with Gasteiger partial charge in [-0.3, -0.25) is 4.79 Å². The van der Waals surface area contributed by atoms with Crippen LogP contribution in [0.15, 0.2) is 42.5 Å². The molecule has 98 valence electrons. The monoisotopic (exact) mass is 256 g/mol. The van der Waals surface area contributed by atoms with Crippen molar-refractivity contribution in [2.24, 2.45) is 0 Å². The summed E-state index contributed by atoms with van der Waals surface area (Å²) in [5.74, 6) is -0.221. The van der Waals surface area contributed by atoms with E-state index in [2.05, 4.69) is 5.32 Å². The Bertz CT molecular complexity index is 609. The third-order valence-electron chi connectivity index (χ3n) is 2.91. The minimum atomic E-state index is -0.221. The van der Waals surface area contributed by atoms with Crippen molar-refractivity contribution < 1.29 is 9.90 Å². The van der Waals surface area contributed by atoms with E-state index < -0.39 is 0 Å². The zero-order valence-corrected chi connectivity index (χ0v) is 10.7. The maximum Gasteiger partial charge on any atom is 0.255 e. The number of anilines is 2. The number of nitrogen functional groups attached to an aromatic ring is 1. The molecule has 0 spiro atoms. The van der Waals surface area contributed by atoms with Crippen LogP contribution in [0.2, 0.25) is 0 Å². The molecule has 0 heterocycles. The van der Waals surface area contributed by atoms with Gasteiger partial charge in [0.25, 0.3) is 5.91 Å². The number of benzene rings is 2.